The largest absolute Gasteiger partial charge is 0.379 e. The molecule has 7 nitrogen and oxygen atoms in total. The molecule has 25 heavy (non-hydrogen) atoms. The normalized spacial score (nSPS) is 24.4. The molecule has 7 heteroatoms. The number of aryl methyl sites for hydroxylation is 1. The summed E-state index contributed by atoms with van der Waals surface area (Å²) in [5.74, 6) is 1.75. The van der Waals surface area contributed by atoms with Crippen LogP contribution in [0.1, 0.15) is 18.5 Å². The van der Waals surface area contributed by atoms with Gasteiger partial charge in [-0.1, -0.05) is 0 Å². The Morgan fingerprint density at radius 2 is 1.88 bits per heavy atom. The smallest absolute Gasteiger partial charge is 0.225 e. The molecule has 0 N–H and O–H groups in total. The molecule has 1 atom stereocenters. The topological polar surface area (TPSA) is 67.3 Å². The van der Waals surface area contributed by atoms with Crippen molar-refractivity contribution in [1.29, 1.82) is 0 Å². The SMILES string of the molecule is Cc1ccc(N2CCC[C@@]3(COCCN(c4ncccn4)C3)C2)nn1. The van der Waals surface area contributed by atoms with Gasteiger partial charge in [-0.25, -0.2) is 9.97 Å². The minimum Gasteiger partial charge on any atom is -0.379 e. The standard InChI is InChI=1S/C18H24N6O/c1-15-4-5-16(22-21-15)23-9-2-6-18(12-23)13-24(10-11-25-14-18)17-19-7-3-8-20-17/h3-5,7-8H,2,6,9-14H2,1H3/t18-/m1/s1. The summed E-state index contributed by atoms with van der Waals surface area (Å²) >= 11 is 0. The molecule has 0 radical (unpaired) electrons. The van der Waals surface area contributed by atoms with Crippen LogP contribution in [-0.4, -0.2) is 59.6 Å². The van der Waals surface area contributed by atoms with Crippen LogP contribution in [0.3, 0.4) is 0 Å². The molecule has 2 fully saturated rings. The van der Waals surface area contributed by atoms with Gasteiger partial charge in [0.15, 0.2) is 5.82 Å². The molecular formula is C18H24N6O. The molecule has 2 aromatic rings. The van der Waals surface area contributed by atoms with Crippen molar-refractivity contribution in [2.24, 2.45) is 5.41 Å². The first-order chi connectivity index (χ1) is 12.2. The van der Waals surface area contributed by atoms with E-state index in [4.69, 9.17) is 4.74 Å². The van der Waals surface area contributed by atoms with Gasteiger partial charge in [-0.2, -0.15) is 5.10 Å². The molecule has 0 aliphatic carbocycles. The molecule has 0 saturated carbocycles. The highest BCUT2D eigenvalue weighted by molar-refractivity contribution is 5.39. The molecule has 0 amide bonds. The summed E-state index contributed by atoms with van der Waals surface area (Å²) in [6, 6.07) is 5.94. The Labute approximate surface area is 148 Å². The zero-order valence-corrected chi connectivity index (χ0v) is 14.6. The fourth-order valence-corrected chi connectivity index (χ4v) is 3.83. The van der Waals surface area contributed by atoms with Crippen molar-refractivity contribution < 1.29 is 4.74 Å². The summed E-state index contributed by atoms with van der Waals surface area (Å²) in [6.45, 7) is 7.13. The van der Waals surface area contributed by atoms with Gasteiger partial charge in [0.05, 0.1) is 18.9 Å². The molecule has 0 aromatic carbocycles. The van der Waals surface area contributed by atoms with Crippen LogP contribution in [0.15, 0.2) is 30.6 Å². The molecule has 2 saturated heterocycles. The van der Waals surface area contributed by atoms with Gasteiger partial charge in [-0.15, -0.1) is 5.10 Å². The van der Waals surface area contributed by atoms with Crippen LogP contribution >= 0.6 is 0 Å². The number of anilines is 2. The number of ether oxygens (including phenoxy) is 1. The Kier molecular flexibility index (Phi) is 4.48. The van der Waals surface area contributed by atoms with Crippen molar-refractivity contribution in [1.82, 2.24) is 20.2 Å². The molecule has 0 bridgehead atoms. The number of piperidine rings is 1. The molecule has 4 rings (SSSR count). The summed E-state index contributed by atoms with van der Waals surface area (Å²) in [6.07, 6.45) is 5.88. The second kappa shape index (κ2) is 6.92. The van der Waals surface area contributed by atoms with Gasteiger partial charge in [-0.05, 0) is 38.0 Å². The third-order valence-corrected chi connectivity index (χ3v) is 5.04. The second-order valence-corrected chi connectivity index (χ2v) is 7.08. The second-order valence-electron chi connectivity index (χ2n) is 7.08. The maximum Gasteiger partial charge on any atom is 0.225 e. The van der Waals surface area contributed by atoms with Crippen LogP contribution in [-0.2, 0) is 4.74 Å². The molecule has 2 aliphatic heterocycles. The number of hydrogen-bond acceptors (Lipinski definition) is 7. The quantitative estimate of drug-likeness (QED) is 0.824. The highest BCUT2D eigenvalue weighted by Crippen LogP contribution is 2.35. The molecular weight excluding hydrogens is 316 g/mol. The van der Waals surface area contributed by atoms with E-state index in [1.807, 2.05) is 19.1 Å². The van der Waals surface area contributed by atoms with E-state index in [0.717, 1.165) is 63.1 Å². The Morgan fingerprint density at radius 1 is 1.04 bits per heavy atom. The van der Waals surface area contributed by atoms with Crippen LogP contribution in [0.4, 0.5) is 11.8 Å². The van der Waals surface area contributed by atoms with Gasteiger partial charge in [0.25, 0.3) is 0 Å². The highest BCUT2D eigenvalue weighted by Gasteiger charge is 2.40. The molecule has 132 valence electrons. The molecule has 0 unspecified atom stereocenters. The first-order valence-corrected chi connectivity index (χ1v) is 8.89. The van der Waals surface area contributed by atoms with Crippen LogP contribution in [0.2, 0.25) is 0 Å². The predicted octanol–water partition coefficient (Wildman–Crippen LogP) is 1.70. The van der Waals surface area contributed by atoms with E-state index in [1.165, 1.54) is 0 Å². The summed E-state index contributed by atoms with van der Waals surface area (Å²) in [7, 11) is 0. The lowest BCUT2D eigenvalue weighted by molar-refractivity contribution is 0.0597. The van der Waals surface area contributed by atoms with E-state index < -0.39 is 0 Å². The van der Waals surface area contributed by atoms with Crippen molar-refractivity contribution in [3.05, 3.63) is 36.3 Å². The van der Waals surface area contributed by atoms with Crippen molar-refractivity contribution >= 4 is 11.8 Å². The van der Waals surface area contributed by atoms with Gasteiger partial charge in [-0.3, -0.25) is 0 Å². The van der Waals surface area contributed by atoms with Crippen LogP contribution < -0.4 is 9.80 Å². The summed E-state index contributed by atoms with van der Waals surface area (Å²) < 4.78 is 5.98. The van der Waals surface area contributed by atoms with Crippen molar-refractivity contribution in [3.8, 4) is 0 Å². The van der Waals surface area contributed by atoms with Crippen molar-refractivity contribution in [2.75, 3.05) is 49.2 Å². The number of aromatic nitrogens is 4. The Hall–Kier alpha value is -2.28. The van der Waals surface area contributed by atoms with Crippen LogP contribution in [0.5, 0.6) is 0 Å². The van der Waals surface area contributed by atoms with Crippen LogP contribution in [0, 0.1) is 12.3 Å². The van der Waals surface area contributed by atoms with E-state index in [-0.39, 0.29) is 5.41 Å². The van der Waals surface area contributed by atoms with E-state index >= 15 is 0 Å². The molecule has 4 heterocycles. The van der Waals surface area contributed by atoms with Crippen molar-refractivity contribution in [2.45, 2.75) is 19.8 Å². The third kappa shape index (κ3) is 3.56. The average Bonchev–Trinajstić information content (AvgIpc) is 2.86. The lowest BCUT2D eigenvalue weighted by Crippen LogP contribution is -2.51. The van der Waals surface area contributed by atoms with Gasteiger partial charge in [0.1, 0.15) is 0 Å². The number of nitrogens with zero attached hydrogens (tertiary/aromatic N) is 6. The first-order valence-electron chi connectivity index (χ1n) is 8.89. The van der Waals surface area contributed by atoms with E-state index in [9.17, 15) is 0 Å². The zero-order valence-electron chi connectivity index (χ0n) is 14.6. The minimum atomic E-state index is 0.0700. The lowest BCUT2D eigenvalue weighted by atomic mass is 9.80. The number of rotatable bonds is 2. The third-order valence-electron chi connectivity index (χ3n) is 5.04. The minimum absolute atomic E-state index is 0.0700. The highest BCUT2D eigenvalue weighted by atomic mass is 16.5. The van der Waals surface area contributed by atoms with Gasteiger partial charge in [0.2, 0.25) is 5.95 Å². The maximum atomic E-state index is 5.98. The van der Waals surface area contributed by atoms with Crippen molar-refractivity contribution in [3.63, 3.8) is 0 Å². The molecule has 2 aliphatic rings. The first kappa shape index (κ1) is 16.2. The Morgan fingerprint density at radius 3 is 2.68 bits per heavy atom. The zero-order chi connectivity index (χ0) is 17.1. The summed E-state index contributed by atoms with van der Waals surface area (Å²) in [5.41, 5.74) is 1.02. The molecule has 1 spiro atoms. The molecule has 2 aromatic heterocycles. The lowest BCUT2D eigenvalue weighted by Gasteiger charge is -2.43. The fraction of sp³-hybridized carbons (Fsp3) is 0.556. The van der Waals surface area contributed by atoms with E-state index in [1.54, 1.807) is 12.4 Å². The van der Waals surface area contributed by atoms with E-state index in [0.29, 0.717) is 6.61 Å². The van der Waals surface area contributed by atoms with E-state index in [2.05, 4.69) is 36.0 Å². The van der Waals surface area contributed by atoms with Gasteiger partial charge < -0.3 is 14.5 Å². The maximum absolute atomic E-state index is 5.98. The Balaban J connectivity index is 1.55. The van der Waals surface area contributed by atoms with Gasteiger partial charge in [0, 0.05) is 44.0 Å². The predicted molar refractivity (Wildman–Crippen MR) is 95.7 cm³/mol. The Bertz CT molecular complexity index is 694. The summed E-state index contributed by atoms with van der Waals surface area (Å²) in [5, 5.41) is 8.59. The average molecular weight is 340 g/mol. The monoisotopic (exact) mass is 340 g/mol. The fourth-order valence-electron chi connectivity index (χ4n) is 3.83. The number of hydrogen-bond donors (Lipinski definition) is 0. The van der Waals surface area contributed by atoms with Gasteiger partial charge >= 0.3 is 0 Å². The van der Waals surface area contributed by atoms with Crippen LogP contribution in [0.25, 0.3) is 0 Å². The summed E-state index contributed by atoms with van der Waals surface area (Å²) in [4.78, 5) is 13.5.